The molecule has 76 heavy (non-hydrogen) atoms. The van der Waals surface area contributed by atoms with Crippen LogP contribution in [0.2, 0.25) is 0 Å². The van der Waals surface area contributed by atoms with Gasteiger partial charge in [-0.25, -0.2) is 0 Å². The van der Waals surface area contributed by atoms with Gasteiger partial charge in [-0.1, -0.05) is 27.7 Å². The number of nitrogens with two attached hydrogens (primary N) is 2. The molecule has 4 N–H and O–H groups in total. The van der Waals surface area contributed by atoms with E-state index in [2.05, 4.69) is 34.6 Å². The number of anilines is 2. The molecular formula is C14H22N2S60. The molecule has 0 amide bonds. The minimum atomic E-state index is 0.128. The SMILES string of the molecule is Cc1cc(N)c(N)c2c1C(C)(C)CC2(C)C.S=S=S=S=S=S=S=S=S=S=S=S=S=S=S=S=S=S=S=S=S=S=S=S=S=S=S=S=S=S=S=S=S=S=S=S=S=S=S=S=S=S=S=S=S=S=S=S=S=S=S=S=S=S=S=S=S=S=S=S. The second kappa shape index (κ2) is 65.7. The molecule has 1 aliphatic rings. The summed E-state index contributed by atoms with van der Waals surface area (Å²) in [6.07, 6.45) is 1.13. The Kier molecular flexibility index (Phi) is 74.3. The van der Waals surface area contributed by atoms with Gasteiger partial charge in [0, 0.05) is 537 Å². The van der Waals surface area contributed by atoms with Crippen molar-refractivity contribution < 1.29 is 0 Å². The minimum absolute atomic E-state index is 0.128. The van der Waals surface area contributed by atoms with Gasteiger partial charge in [0.05, 0.1) is 11.4 Å². The normalized spacial score (nSPS) is 10.5. The molecule has 0 unspecified atom stereocenters. The topological polar surface area (TPSA) is 52.0 Å². The first-order chi connectivity index (χ1) is 37.1. The van der Waals surface area contributed by atoms with Gasteiger partial charge in [0.25, 0.3) is 0 Å². The summed E-state index contributed by atoms with van der Waals surface area (Å²) in [5.74, 6) is 0. The summed E-state index contributed by atoms with van der Waals surface area (Å²) in [5, 5.41) is 0. The maximum atomic E-state index is 6.17. The van der Waals surface area contributed by atoms with E-state index in [9.17, 15) is 0 Å². The second-order valence-corrected chi connectivity index (χ2v) is 113. The zero-order valence-electron chi connectivity index (χ0n) is 35.4. The highest BCUT2D eigenvalue weighted by atomic mass is 33.5. The van der Waals surface area contributed by atoms with Gasteiger partial charge in [0.1, 0.15) is 0 Å². The van der Waals surface area contributed by atoms with Gasteiger partial charge in [-0.3, -0.25) is 0 Å². The van der Waals surface area contributed by atoms with Crippen molar-refractivity contribution in [2.75, 3.05) is 11.5 Å². The van der Waals surface area contributed by atoms with Gasteiger partial charge in [0.2, 0.25) is 0 Å². The number of hydrogen-bond acceptors (Lipinski definition) is 4. The number of aryl methyl sites for hydroxylation is 1. The first-order valence-corrected chi connectivity index (χ1v) is 94.4. The zero-order chi connectivity index (χ0) is 55.3. The first kappa shape index (κ1) is 86.0. The third-order valence-electron chi connectivity index (χ3n) is 5.42. The average molecular weight is 2140 g/mol. The maximum Gasteiger partial charge on any atom is 0.0589 e. The molecule has 1 aliphatic carbocycles. The van der Waals surface area contributed by atoms with Crippen molar-refractivity contribution in [2.24, 2.45) is 0 Å². The summed E-state index contributed by atoms with van der Waals surface area (Å²) in [5.41, 5.74) is 17.9. The lowest BCUT2D eigenvalue weighted by molar-refractivity contribution is 0.403. The second-order valence-electron chi connectivity index (χ2n) is 10.3. The molecule has 0 atom stereocenters. The Morgan fingerprint density at radius 2 is 0.421 bits per heavy atom. The fourth-order valence-corrected chi connectivity index (χ4v) is 158. The molecule has 2 nitrogen and oxygen atoms in total. The Bertz CT molecular complexity index is 4900. The van der Waals surface area contributed by atoms with Crippen molar-refractivity contribution in [3.05, 3.63) is 22.8 Å². The predicted octanol–water partition coefficient (Wildman–Crippen LogP) is 2.97. The average Bonchev–Trinajstić information content (AvgIpc) is 3.60. The van der Waals surface area contributed by atoms with E-state index < -0.39 is 0 Å². The van der Waals surface area contributed by atoms with E-state index in [0.29, 0.717) is 0 Å². The number of fused-ring (bicyclic) bond motifs is 1. The molecule has 62 heteroatoms. The van der Waals surface area contributed by atoms with Crippen LogP contribution in [0.1, 0.15) is 50.8 Å². The Hall–Kier alpha value is 12.0. The highest BCUT2D eigenvalue weighted by Gasteiger charge is 2.44. The molecule has 2 rings (SSSR count). The van der Waals surface area contributed by atoms with Crippen molar-refractivity contribution in [1.29, 1.82) is 0 Å². The largest absolute Gasteiger partial charge is 0.397 e. The van der Waals surface area contributed by atoms with E-state index >= 15 is 0 Å². The molecule has 0 saturated heterocycles. The van der Waals surface area contributed by atoms with Crippen molar-refractivity contribution in [3.8, 4) is 0 Å². The predicted molar refractivity (Wildman–Crippen MR) is 513 cm³/mol. The molecule has 1 aromatic carbocycles. The molecule has 0 fully saturated rings. The lowest BCUT2D eigenvalue weighted by Gasteiger charge is -2.23. The lowest BCUT2D eigenvalue weighted by Crippen LogP contribution is -2.18. The molecule has 0 aromatic heterocycles. The van der Waals surface area contributed by atoms with Crippen LogP contribution in [0, 0.1) is 6.92 Å². The third-order valence-corrected chi connectivity index (χ3v) is 132. The monoisotopic (exact) mass is 2140 g/mol. The Labute approximate surface area is 617 Å². The van der Waals surface area contributed by atoms with Crippen LogP contribution >= 0.6 is 0 Å². The van der Waals surface area contributed by atoms with Crippen molar-refractivity contribution >= 4 is 549 Å². The van der Waals surface area contributed by atoms with Gasteiger partial charge in [-0.15, -0.1) is 0 Å². The van der Waals surface area contributed by atoms with Crippen LogP contribution in [0.4, 0.5) is 11.4 Å². The summed E-state index contributed by atoms with van der Waals surface area (Å²) in [4.78, 5) is 0. The molecule has 0 aliphatic heterocycles. The Morgan fingerprint density at radius 3 is 0.579 bits per heavy atom. The van der Waals surface area contributed by atoms with E-state index in [0.717, 1.165) is 17.8 Å². The number of benzene rings is 1. The van der Waals surface area contributed by atoms with Crippen LogP contribution in [-0.4, -0.2) is 0 Å². The highest BCUT2D eigenvalue weighted by molar-refractivity contribution is 8.83. The Morgan fingerprint density at radius 1 is 0.276 bits per heavy atom. The summed E-state index contributed by atoms with van der Waals surface area (Å²) in [6.45, 7) is 11.2. The van der Waals surface area contributed by atoms with Crippen LogP contribution in [0.15, 0.2) is 6.07 Å². The molecule has 448 valence electrons. The zero-order valence-corrected chi connectivity index (χ0v) is 84.4. The molecule has 0 spiro atoms. The van der Waals surface area contributed by atoms with Crippen LogP contribution in [-0.2, 0) is 548 Å². The van der Waals surface area contributed by atoms with Gasteiger partial charge in [-0.05, 0) is 46.9 Å². The van der Waals surface area contributed by atoms with Crippen molar-refractivity contribution in [3.63, 3.8) is 0 Å². The van der Waals surface area contributed by atoms with E-state index in [-0.39, 0.29) is 10.8 Å². The molecule has 0 radical (unpaired) electrons. The first-order valence-electron chi connectivity index (χ1n) is 15.7. The molecular weight excluding hydrogens is 2120 g/mol. The van der Waals surface area contributed by atoms with Crippen molar-refractivity contribution in [1.82, 2.24) is 0 Å². The standard InChI is InChI=1S/C14H22N2.S60/c1-8-6-9(15)12(16)11-10(8)13(2,3)7-14(11,4)5;1-3-5-7-9-11-13-15-17-19-21-23-25-27-29-31-33-35-37-39-41-43-45-47-49-51-53-55-57-59-60-58-56-54-52-50-48-46-44-42-40-38-36-34-32-30-28-26-24-22-20-18-16-14-12-10-8-6-4-2/h6H,7,15-16H2,1-5H3;. The van der Waals surface area contributed by atoms with E-state index in [1.54, 1.807) is 107 Å². The number of hydrogen-bond donors (Lipinski definition) is 2. The van der Waals surface area contributed by atoms with E-state index in [1.807, 2.05) is 397 Å². The highest BCUT2D eigenvalue weighted by Crippen LogP contribution is 2.53. The van der Waals surface area contributed by atoms with Crippen LogP contribution < -0.4 is 11.5 Å². The number of nitrogen functional groups attached to an aromatic ring is 2. The van der Waals surface area contributed by atoms with E-state index in [1.165, 1.54) is 34.5 Å². The fourth-order valence-electron chi connectivity index (χ4n) is 4.35. The minimum Gasteiger partial charge on any atom is -0.397 e. The molecule has 0 heterocycles. The molecule has 1 aromatic rings. The van der Waals surface area contributed by atoms with E-state index in [4.69, 9.17) is 33.8 Å². The van der Waals surface area contributed by atoms with Gasteiger partial charge in [0.15, 0.2) is 0 Å². The van der Waals surface area contributed by atoms with Gasteiger partial charge < -0.3 is 11.5 Å². The fraction of sp³-hybridized carbons (Fsp3) is 0.571. The summed E-state index contributed by atoms with van der Waals surface area (Å²) in [6, 6.07) is 2.01. The summed E-state index contributed by atoms with van der Waals surface area (Å²) in [7, 11) is 104. The van der Waals surface area contributed by atoms with Gasteiger partial charge in [-0.2, -0.15) is 0 Å². The smallest absolute Gasteiger partial charge is 0.0589 e. The van der Waals surface area contributed by atoms with Crippen LogP contribution in [0.3, 0.4) is 0 Å². The quantitative estimate of drug-likeness (QED) is 0.394. The molecule has 0 bridgehead atoms. The van der Waals surface area contributed by atoms with Gasteiger partial charge >= 0.3 is 0 Å². The molecule has 0 saturated carbocycles. The summed E-state index contributed by atoms with van der Waals surface area (Å²) < 4.78 is 0. The van der Waals surface area contributed by atoms with Crippen LogP contribution in [0.5, 0.6) is 0 Å². The van der Waals surface area contributed by atoms with Crippen LogP contribution in [0.25, 0.3) is 0 Å². The Balaban J connectivity index is 0.00000151. The maximum absolute atomic E-state index is 6.17. The number of rotatable bonds is 0. The van der Waals surface area contributed by atoms with Crippen molar-refractivity contribution in [2.45, 2.75) is 51.9 Å². The summed E-state index contributed by atoms with van der Waals surface area (Å²) >= 11 is 9.64. The third kappa shape index (κ3) is 54.3. The lowest BCUT2D eigenvalue weighted by atomic mass is 9.81.